The van der Waals surface area contributed by atoms with Crippen LogP contribution in [0, 0.1) is 30.1 Å². The number of esters is 1. The number of aromatic nitrogens is 1. The summed E-state index contributed by atoms with van der Waals surface area (Å²) in [5, 5.41) is 8.32. The fourth-order valence-corrected chi connectivity index (χ4v) is 1.14. The molecule has 0 atom stereocenters. The highest BCUT2D eigenvalue weighted by Gasteiger charge is 2.10. The zero-order valence-corrected chi connectivity index (χ0v) is 9.07. The summed E-state index contributed by atoms with van der Waals surface area (Å²) >= 11 is 0. The Balaban J connectivity index is 2.98. The lowest BCUT2D eigenvalue weighted by Gasteiger charge is -2.02. The Morgan fingerprint density at radius 3 is 2.94 bits per heavy atom. The molecule has 0 bridgehead atoms. The van der Waals surface area contributed by atoms with E-state index in [0.29, 0.717) is 11.1 Å². The molecule has 0 spiro atoms. The quantitative estimate of drug-likeness (QED) is 0.524. The zero-order valence-electron chi connectivity index (χ0n) is 9.07. The SMILES string of the molecule is COC(=O)c1ncc(C#CCC#N)cc1C. The average molecular weight is 214 g/mol. The van der Waals surface area contributed by atoms with E-state index < -0.39 is 5.97 Å². The molecule has 0 amide bonds. The van der Waals surface area contributed by atoms with Crippen molar-refractivity contribution in [3.05, 3.63) is 29.1 Å². The summed E-state index contributed by atoms with van der Waals surface area (Å²) in [7, 11) is 1.31. The van der Waals surface area contributed by atoms with Crippen LogP contribution in [0.2, 0.25) is 0 Å². The van der Waals surface area contributed by atoms with Crippen LogP contribution >= 0.6 is 0 Å². The van der Waals surface area contributed by atoms with Crippen LogP contribution in [0.5, 0.6) is 0 Å². The normalized spacial score (nSPS) is 8.56. The van der Waals surface area contributed by atoms with Crippen LogP contribution in [-0.4, -0.2) is 18.1 Å². The zero-order chi connectivity index (χ0) is 12.0. The number of nitriles is 1. The molecule has 16 heavy (non-hydrogen) atoms. The molecule has 0 fully saturated rings. The molecule has 0 saturated heterocycles. The standard InChI is InChI=1S/C12H10N2O2/c1-9-7-10(5-3-4-6-13)8-14-11(9)12(15)16-2/h7-8H,4H2,1-2H3. The van der Waals surface area contributed by atoms with Gasteiger partial charge in [-0.2, -0.15) is 5.26 Å². The van der Waals surface area contributed by atoms with Gasteiger partial charge in [-0.3, -0.25) is 0 Å². The van der Waals surface area contributed by atoms with Crippen molar-refractivity contribution >= 4 is 5.97 Å². The number of carbonyl (C=O) groups excluding carboxylic acids is 1. The van der Waals surface area contributed by atoms with E-state index in [1.807, 2.05) is 6.07 Å². The molecule has 0 aliphatic heterocycles. The third kappa shape index (κ3) is 2.83. The van der Waals surface area contributed by atoms with Gasteiger partial charge >= 0.3 is 5.97 Å². The third-order valence-electron chi connectivity index (χ3n) is 1.86. The molecule has 0 unspecified atom stereocenters. The number of rotatable bonds is 1. The highest BCUT2D eigenvalue weighted by atomic mass is 16.5. The largest absolute Gasteiger partial charge is 0.464 e. The van der Waals surface area contributed by atoms with Gasteiger partial charge in [0.15, 0.2) is 5.69 Å². The van der Waals surface area contributed by atoms with Crippen molar-refractivity contribution in [2.75, 3.05) is 7.11 Å². The van der Waals surface area contributed by atoms with Gasteiger partial charge in [-0.05, 0) is 18.6 Å². The first kappa shape index (κ1) is 11.7. The van der Waals surface area contributed by atoms with Crippen LogP contribution in [-0.2, 0) is 4.74 Å². The van der Waals surface area contributed by atoms with Gasteiger partial charge in [0.05, 0.1) is 19.6 Å². The summed E-state index contributed by atoms with van der Waals surface area (Å²) in [6.07, 6.45) is 1.67. The second kappa shape index (κ2) is 5.53. The van der Waals surface area contributed by atoms with Crippen LogP contribution in [0.15, 0.2) is 12.3 Å². The molecular weight excluding hydrogens is 204 g/mol. The molecule has 1 aromatic heterocycles. The van der Waals surface area contributed by atoms with E-state index in [9.17, 15) is 4.79 Å². The smallest absolute Gasteiger partial charge is 0.356 e. The van der Waals surface area contributed by atoms with Crippen molar-refractivity contribution in [3.8, 4) is 17.9 Å². The summed E-state index contributed by atoms with van der Waals surface area (Å²) in [4.78, 5) is 15.2. The van der Waals surface area contributed by atoms with Crippen molar-refractivity contribution < 1.29 is 9.53 Å². The molecule has 0 saturated carbocycles. The van der Waals surface area contributed by atoms with E-state index >= 15 is 0 Å². The first-order chi connectivity index (χ1) is 7.69. The van der Waals surface area contributed by atoms with Gasteiger partial charge in [-0.15, -0.1) is 0 Å². The van der Waals surface area contributed by atoms with E-state index in [1.165, 1.54) is 13.3 Å². The number of methoxy groups -OCH3 is 1. The Morgan fingerprint density at radius 2 is 2.38 bits per heavy atom. The van der Waals surface area contributed by atoms with Crippen LogP contribution < -0.4 is 0 Å². The highest BCUT2D eigenvalue weighted by Crippen LogP contribution is 2.08. The molecule has 4 heteroatoms. The van der Waals surface area contributed by atoms with E-state index in [2.05, 4.69) is 21.6 Å². The van der Waals surface area contributed by atoms with E-state index in [0.717, 1.165) is 0 Å². The number of carbonyl (C=O) groups is 1. The molecular formula is C12H10N2O2. The van der Waals surface area contributed by atoms with Gasteiger partial charge in [0.2, 0.25) is 0 Å². The van der Waals surface area contributed by atoms with Crippen molar-refractivity contribution in [3.63, 3.8) is 0 Å². The fraction of sp³-hybridized carbons (Fsp3) is 0.250. The Kier molecular flexibility index (Phi) is 4.06. The molecule has 0 N–H and O–H groups in total. The Hall–Kier alpha value is -2.33. The summed E-state index contributed by atoms with van der Waals surface area (Å²) in [6.45, 7) is 1.76. The molecule has 1 heterocycles. The summed E-state index contributed by atoms with van der Waals surface area (Å²) in [6, 6.07) is 3.66. The predicted octanol–water partition coefficient (Wildman–Crippen LogP) is 1.44. The van der Waals surface area contributed by atoms with Crippen LogP contribution in [0.3, 0.4) is 0 Å². The average Bonchev–Trinajstić information content (AvgIpc) is 2.29. The summed E-state index contributed by atoms with van der Waals surface area (Å²) in [5.41, 5.74) is 1.67. The first-order valence-corrected chi connectivity index (χ1v) is 4.60. The Morgan fingerprint density at radius 1 is 1.62 bits per heavy atom. The molecule has 0 aliphatic carbocycles. The van der Waals surface area contributed by atoms with Gasteiger partial charge in [0.1, 0.15) is 0 Å². The molecule has 80 valence electrons. The summed E-state index contributed by atoms with van der Waals surface area (Å²) < 4.78 is 4.57. The highest BCUT2D eigenvalue weighted by molar-refractivity contribution is 5.88. The maximum absolute atomic E-state index is 11.2. The number of nitrogens with zero attached hydrogens (tertiary/aromatic N) is 2. The molecule has 1 aromatic rings. The third-order valence-corrected chi connectivity index (χ3v) is 1.86. The number of ether oxygens (including phenoxy) is 1. The summed E-state index contributed by atoms with van der Waals surface area (Å²) in [5.74, 6) is 4.99. The van der Waals surface area contributed by atoms with Crippen molar-refractivity contribution in [2.45, 2.75) is 13.3 Å². The van der Waals surface area contributed by atoms with Crippen LogP contribution in [0.4, 0.5) is 0 Å². The van der Waals surface area contributed by atoms with Crippen molar-refractivity contribution in [1.82, 2.24) is 4.98 Å². The van der Waals surface area contributed by atoms with Crippen LogP contribution in [0.1, 0.15) is 28.0 Å². The second-order valence-corrected chi connectivity index (χ2v) is 3.02. The number of aryl methyl sites for hydroxylation is 1. The van der Waals surface area contributed by atoms with E-state index in [-0.39, 0.29) is 12.1 Å². The molecule has 0 aliphatic rings. The maximum Gasteiger partial charge on any atom is 0.356 e. The van der Waals surface area contributed by atoms with Crippen molar-refractivity contribution in [1.29, 1.82) is 5.26 Å². The van der Waals surface area contributed by atoms with Gasteiger partial charge in [-0.25, -0.2) is 9.78 Å². The Bertz CT molecular complexity index is 504. The minimum Gasteiger partial charge on any atom is -0.464 e. The first-order valence-electron chi connectivity index (χ1n) is 4.60. The number of pyridine rings is 1. The van der Waals surface area contributed by atoms with Crippen LogP contribution in [0.25, 0.3) is 0 Å². The minimum atomic E-state index is -0.464. The molecule has 4 nitrogen and oxygen atoms in total. The number of hydrogen-bond acceptors (Lipinski definition) is 4. The fourth-order valence-electron chi connectivity index (χ4n) is 1.14. The van der Waals surface area contributed by atoms with Gasteiger partial charge in [0, 0.05) is 11.8 Å². The van der Waals surface area contributed by atoms with Crippen molar-refractivity contribution in [2.24, 2.45) is 0 Å². The molecule has 0 aromatic carbocycles. The predicted molar refractivity (Wildman–Crippen MR) is 57.4 cm³/mol. The van der Waals surface area contributed by atoms with Gasteiger partial charge in [-0.1, -0.05) is 11.8 Å². The second-order valence-electron chi connectivity index (χ2n) is 3.02. The maximum atomic E-state index is 11.2. The number of hydrogen-bond donors (Lipinski definition) is 0. The minimum absolute atomic E-state index is 0.178. The lowest BCUT2D eigenvalue weighted by molar-refractivity contribution is 0.0593. The van der Waals surface area contributed by atoms with Gasteiger partial charge < -0.3 is 4.74 Å². The monoisotopic (exact) mass is 214 g/mol. The molecule has 1 rings (SSSR count). The Labute approximate surface area is 93.9 Å². The topological polar surface area (TPSA) is 63.0 Å². The lowest BCUT2D eigenvalue weighted by Crippen LogP contribution is -2.06. The molecule has 0 radical (unpaired) electrons. The van der Waals surface area contributed by atoms with E-state index in [1.54, 1.807) is 13.0 Å². The van der Waals surface area contributed by atoms with E-state index in [4.69, 9.17) is 5.26 Å². The lowest BCUT2D eigenvalue weighted by atomic mass is 10.1. The van der Waals surface area contributed by atoms with Gasteiger partial charge in [0.25, 0.3) is 0 Å².